The Bertz CT molecular complexity index is 620. The van der Waals surface area contributed by atoms with Crippen LogP contribution in [0.2, 0.25) is 0 Å². The number of ether oxygens (including phenoxy) is 1. The van der Waals surface area contributed by atoms with E-state index in [9.17, 15) is 4.79 Å². The van der Waals surface area contributed by atoms with Gasteiger partial charge in [0.05, 0.1) is 12.8 Å². The van der Waals surface area contributed by atoms with Gasteiger partial charge in [0.25, 0.3) is 0 Å². The Balaban J connectivity index is 1.99. The highest BCUT2D eigenvalue weighted by Gasteiger charge is 2.05. The van der Waals surface area contributed by atoms with E-state index in [1.165, 1.54) is 11.8 Å². The van der Waals surface area contributed by atoms with E-state index >= 15 is 0 Å². The molecular weight excluding hydrogens is 268 g/mol. The lowest BCUT2D eigenvalue weighted by molar-refractivity contribution is 0.152. The van der Waals surface area contributed by atoms with Gasteiger partial charge in [0.1, 0.15) is 11.5 Å². The fourth-order valence-electron chi connectivity index (χ4n) is 1.85. The third kappa shape index (κ3) is 4.45. The average molecular weight is 286 g/mol. The van der Waals surface area contributed by atoms with Crippen molar-refractivity contribution in [1.82, 2.24) is 15.4 Å². The van der Waals surface area contributed by atoms with Gasteiger partial charge < -0.3 is 9.72 Å². The topological polar surface area (TPSA) is 79.4 Å². The molecule has 6 heteroatoms. The van der Waals surface area contributed by atoms with E-state index < -0.39 is 6.09 Å². The van der Waals surface area contributed by atoms with Crippen LogP contribution in [0, 0.1) is 6.92 Å². The maximum absolute atomic E-state index is 11.1. The zero-order chi connectivity index (χ0) is 15.1. The number of aromatic nitrogens is 2. The zero-order valence-electron chi connectivity index (χ0n) is 12.1. The number of H-pyrrole nitrogens is 1. The molecule has 0 radical (unpaired) electrons. The second-order valence-electron chi connectivity index (χ2n) is 4.45. The minimum absolute atomic E-state index is 0.310. The van der Waals surface area contributed by atoms with Gasteiger partial charge in [-0.15, -0.1) is 0 Å². The molecule has 2 N–H and O–H groups in total. The molecule has 2 aromatic rings. The highest BCUT2D eigenvalue weighted by Crippen LogP contribution is 2.08. The number of hydrogen-bond acceptors (Lipinski definition) is 4. The number of nitrogens with zero attached hydrogens (tertiary/aromatic N) is 2. The molecule has 0 aliphatic heterocycles. The second kappa shape index (κ2) is 7.23. The molecule has 0 aliphatic carbocycles. The first-order valence-corrected chi connectivity index (χ1v) is 6.74. The predicted molar refractivity (Wildman–Crippen MR) is 80.3 cm³/mol. The van der Waals surface area contributed by atoms with E-state index in [2.05, 4.69) is 20.5 Å². The first-order valence-electron chi connectivity index (χ1n) is 6.74. The van der Waals surface area contributed by atoms with Crippen molar-refractivity contribution in [1.29, 1.82) is 0 Å². The first-order chi connectivity index (χ1) is 10.2. The minimum Gasteiger partial charge on any atom is -0.449 e. The number of imidazole rings is 1. The monoisotopic (exact) mass is 286 g/mol. The van der Waals surface area contributed by atoms with Crippen LogP contribution < -0.4 is 5.43 Å². The number of hydrogen-bond donors (Lipinski definition) is 2. The summed E-state index contributed by atoms with van der Waals surface area (Å²) in [6.45, 7) is 3.95. The van der Waals surface area contributed by atoms with E-state index in [0.717, 1.165) is 17.9 Å². The third-order valence-corrected chi connectivity index (χ3v) is 2.80. The average Bonchev–Trinajstić information content (AvgIpc) is 2.80. The fourth-order valence-corrected chi connectivity index (χ4v) is 1.85. The maximum atomic E-state index is 11.1. The molecule has 1 aromatic carbocycles. The van der Waals surface area contributed by atoms with Crippen molar-refractivity contribution in [3.8, 4) is 0 Å². The van der Waals surface area contributed by atoms with Crippen molar-refractivity contribution in [3.05, 3.63) is 53.1 Å². The van der Waals surface area contributed by atoms with Crippen LogP contribution in [0.4, 0.5) is 4.79 Å². The van der Waals surface area contributed by atoms with Crippen molar-refractivity contribution in [2.24, 2.45) is 5.10 Å². The summed E-state index contributed by atoms with van der Waals surface area (Å²) < 4.78 is 4.70. The second-order valence-corrected chi connectivity index (χ2v) is 4.45. The number of aromatic amines is 1. The lowest BCUT2D eigenvalue weighted by atomic mass is 10.1. The van der Waals surface area contributed by atoms with Gasteiger partial charge in [-0.2, -0.15) is 5.10 Å². The molecule has 0 saturated carbocycles. The van der Waals surface area contributed by atoms with Crippen molar-refractivity contribution >= 4 is 12.3 Å². The molecule has 0 fully saturated rings. The van der Waals surface area contributed by atoms with Crippen molar-refractivity contribution in [2.45, 2.75) is 20.3 Å². The summed E-state index contributed by atoms with van der Waals surface area (Å²) in [7, 11) is 0. The summed E-state index contributed by atoms with van der Waals surface area (Å²) in [5.41, 5.74) is 5.04. The number of carbonyl (C=O) groups is 1. The van der Waals surface area contributed by atoms with E-state index in [4.69, 9.17) is 4.74 Å². The van der Waals surface area contributed by atoms with E-state index in [1.54, 1.807) is 6.92 Å². The van der Waals surface area contributed by atoms with E-state index in [0.29, 0.717) is 12.3 Å². The van der Waals surface area contributed by atoms with Gasteiger partial charge in [0.15, 0.2) is 0 Å². The molecule has 0 bridgehead atoms. The smallest absolute Gasteiger partial charge is 0.427 e. The van der Waals surface area contributed by atoms with Gasteiger partial charge in [0, 0.05) is 12.1 Å². The minimum atomic E-state index is -0.577. The number of amides is 1. The van der Waals surface area contributed by atoms with Crippen LogP contribution in [-0.4, -0.2) is 28.9 Å². The van der Waals surface area contributed by atoms with Gasteiger partial charge in [-0.3, -0.25) is 0 Å². The van der Waals surface area contributed by atoms with Crippen LogP contribution in [0.25, 0.3) is 0 Å². The Morgan fingerprint density at radius 3 is 2.90 bits per heavy atom. The number of hydrazone groups is 1. The number of rotatable bonds is 5. The molecule has 0 unspecified atom stereocenters. The van der Waals surface area contributed by atoms with Gasteiger partial charge in [-0.1, -0.05) is 30.3 Å². The van der Waals surface area contributed by atoms with Crippen LogP contribution in [0.5, 0.6) is 0 Å². The molecule has 6 nitrogen and oxygen atoms in total. The molecule has 0 spiro atoms. The van der Waals surface area contributed by atoms with Gasteiger partial charge in [-0.25, -0.2) is 15.2 Å². The fraction of sp³-hybridized carbons (Fsp3) is 0.267. The highest BCUT2D eigenvalue weighted by molar-refractivity contribution is 5.79. The molecule has 1 aromatic heterocycles. The molecule has 0 saturated heterocycles. The Labute approximate surface area is 123 Å². The molecular formula is C15H18N4O2. The van der Waals surface area contributed by atoms with Crippen LogP contribution in [0.15, 0.2) is 35.4 Å². The summed E-state index contributed by atoms with van der Waals surface area (Å²) in [5, 5.41) is 3.81. The zero-order valence-corrected chi connectivity index (χ0v) is 12.1. The lowest BCUT2D eigenvalue weighted by Gasteiger charge is -1.97. The normalized spacial score (nSPS) is 10.8. The largest absolute Gasteiger partial charge is 0.449 e. The molecule has 1 heterocycles. The lowest BCUT2D eigenvalue weighted by Crippen LogP contribution is -2.18. The molecule has 21 heavy (non-hydrogen) atoms. The Kier molecular flexibility index (Phi) is 5.09. The Hall–Kier alpha value is -2.63. The Morgan fingerprint density at radius 1 is 1.43 bits per heavy atom. The standard InChI is InChI=1S/C15H18N4O2/c1-3-21-15(20)19-16-10-13-11(2)17-14(18-13)9-12-7-5-4-6-8-12/h4-8,10H,3,9H2,1-2H3,(H,17,18)(H,19,20)/b16-10-. The van der Waals surface area contributed by atoms with E-state index in [1.807, 2.05) is 37.3 Å². The molecule has 110 valence electrons. The molecule has 1 amide bonds. The number of carbonyl (C=O) groups excluding carboxylic acids is 1. The SMILES string of the molecule is CCOC(=O)N/N=C\c1nc(Cc2ccccc2)[nH]c1C. The molecule has 2 rings (SSSR count). The summed E-state index contributed by atoms with van der Waals surface area (Å²) in [4.78, 5) is 18.8. The number of benzene rings is 1. The highest BCUT2D eigenvalue weighted by atomic mass is 16.5. The predicted octanol–water partition coefficient (Wildman–Crippen LogP) is 2.39. The van der Waals surface area contributed by atoms with Gasteiger partial charge in [0.2, 0.25) is 0 Å². The summed E-state index contributed by atoms with van der Waals surface area (Å²) in [6.07, 6.45) is 1.64. The quantitative estimate of drug-likeness (QED) is 0.654. The summed E-state index contributed by atoms with van der Waals surface area (Å²) in [6, 6.07) is 10.1. The number of nitrogens with one attached hydrogen (secondary N) is 2. The van der Waals surface area contributed by atoms with Crippen molar-refractivity contribution in [2.75, 3.05) is 6.61 Å². The molecule has 0 aliphatic rings. The molecule has 0 atom stereocenters. The Morgan fingerprint density at radius 2 is 2.19 bits per heavy atom. The van der Waals surface area contributed by atoms with Crippen molar-refractivity contribution in [3.63, 3.8) is 0 Å². The van der Waals surface area contributed by atoms with Crippen LogP contribution in [-0.2, 0) is 11.2 Å². The van der Waals surface area contributed by atoms with Crippen LogP contribution in [0.1, 0.15) is 29.7 Å². The summed E-state index contributed by atoms with van der Waals surface area (Å²) in [5.74, 6) is 0.858. The van der Waals surface area contributed by atoms with Crippen LogP contribution in [0.3, 0.4) is 0 Å². The van der Waals surface area contributed by atoms with E-state index in [-0.39, 0.29) is 0 Å². The number of aryl methyl sites for hydroxylation is 1. The first kappa shape index (κ1) is 14.8. The van der Waals surface area contributed by atoms with Crippen LogP contribution >= 0.6 is 0 Å². The third-order valence-electron chi connectivity index (χ3n) is 2.80. The summed E-state index contributed by atoms with van der Waals surface area (Å²) >= 11 is 0. The van der Waals surface area contributed by atoms with Gasteiger partial charge in [-0.05, 0) is 19.4 Å². The van der Waals surface area contributed by atoms with Gasteiger partial charge >= 0.3 is 6.09 Å². The maximum Gasteiger partial charge on any atom is 0.427 e. The van der Waals surface area contributed by atoms with Crippen molar-refractivity contribution < 1.29 is 9.53 Å².